The summed E-state index contributed by atoms with van der Waals surface area (Å²) < 4.78 is 16.9. The van der Waals surface area contributed by atoms with E-state index in [1.807, 2.05) is 43.3 Å². The average molecular weight is 477 g/mol. The molecule has 8 nitrogen and oxygen atoms in total. The van der Waals surface area contributed by atoms with Crippen LogP contribution in [0.1, 0.15) is 29.7 Å². The molecule has 35 heavy (non-hydrogen) atoms. The predicted octanol–water partition coefficient (Wildman–Crippen LogP) is 3.38. The molecule has 0 spiro atoms. The smallest absolute Gasteiger partial charge is 0.264 e. The van der Waals surface area contributed by atoms with Crippen LogP contribution in [0.25, 0.3) is 0 Å². The summed E-state index contributed by atoms with van der Waals surface area (Å²) in [6, 6.07) is 17.3. The maximum absolute atomic E-state index is 13.8. The lowest BCUT2D eigenvalue weighted by Gasteiger charge is -2.30. The van der Waals surface area contributed by atoms with Gasteiger partial charge in [-0.1, -0.05) is 18.2 Å². The third-order valence-electron chi connectivity index (χ3n) is 6.08. The molecule has 0 bridgehead atoms. The third kappa shape index (κ3) is 4.93. The van der Waals surface area contributed by atoms with Gasteiger partial charge in [-0.25, -0.2) is 0 Å². The molecule has 0 aromatic heterocycles. The molecule has 182 valence electrons. The van der Waals surface area contributed by atoms with Gasteiger partial charge in [0.2, 0.25) is 0 Å². The molecule has 0 fully saturated rings. The Morgan fingerprint density at radius 3 is 2.51 bits per heavy atom. The van der Waals surface area contributed by atoms with E-state index < -0.39 is 12.1 Å². The topological polar surface area (TPSA) is 105 Å². The van der Waals surface area contributed by atoms with E-state index in [-0.39, 0.29) is 18.4 Å². The quantitative estimate of drug-likeness (QED) is 0.568. The number of nitrogens with one attached hydrogen (secondary N) is 1. The molecule has 1 aliphatic rings. The van der Waals surface area contributed by atoms with Crippen molar-refractivity contribution >= 4 is 23.2 Å². The van der Waals surface area contributed by atoms with E-state index in [9.17, 15) is 9.59 Å². The maximum atomic E-state index is 13.8. The number of hydrogen-bond donors (Lipinski definition) is 2. The number of nitrogens with zero attached hydrogens (tertiary/aromatic N) is 1. The number of methoxy groups -OCH3 is 2. The van der Waals surface area contributed by atoms with Crippen LogP contribution in [-0.4, -0.2) is 37.0 Å². The fourth-order valence-corrected chi connectivity index (χ4v) is 4.22. The van der Waals surface area contributed by atoms with Gasteiger partial charge in [-0.05, 0) is 43.7 Å². The standard InChI is InChI=1S/C27H29N3O5/c1-16-6-5-7-22-24(26(31)29-20-11-9-19(28)10-12-20)30(27(32)17(2)35-25(16)22)15-18-8-13-21(33-3)14-23(18)34-4/h5-14,17,24H,15,28H2,1-4H3,(H,29,31)/p+1. The van der Waals surface area contributed by atoms with Crippen molar-refractivity contribution in [3.63, 3.8) is 0 Å². The van der Waals surface area contributed by atoms with Crippen molar-refractivity contribution in [1.82, 2.24) is 4.90 Å². The summed E-state index contributed by atoms with van der Waals surface area (Å²) in [5.41, 5.74) is 7.56. The van der Waals surface area contributed by atoms with Gasteiger partial charge in [-0.3, -0.25) is 9.59 Å². The first-order chi connectivity index (χ1) is 16.8. The SMILES string of the molecule is COc1ccc(CN2C(=O)C(C)Oc3c(C)cccc3C2C(=O)Nc2ccc([NH3+])cc2)c(OC)c1. The highest BCUT2D eigenvalue weighted by Crippen LogP contribution is 2.39. The number of quaternary nitrogens is 1. The van der Waals surface area contributed by atoms with Gasteiger partial charge in [0.15, 0.2) is 6.10 Å². The second-order valence-electron chi connectivity index (χ2n) is 8.49. The van der Waals surface area contributed by atoms with Gasteiger partial charge in [-0.15, -0.1) is 0 Å². The summed E-state index contributed by atoms with van der Waals surface area (Å²) >= 11 is 0. The number of para-hydroxylation sites is 1. The summed E-state index contributed by atoms with van der Waals surface area (Å²) in [5, 5.41) is 2.96. The van der Waals surface area contributed by atoms with E-state index >= 15 is 0 Å². The van der Waals surface area contributed by atoms with Crippen LogP contribution < -0.4 is 25.3 Å². The molecule has 8 heteroatoms. The molecule has 1 aliphatic heterocycles. The number of ether oxygens (including phenoxy) is 3. The molecule has 3 aromatic rings. The Bertz CT molecular complexity index is 1240. The fraction of sp³-hybridized carbons (Fsp3) is 0.259. The molecular formula is C27H30N3O5+. The average Bonchev–Trinajstić information content (AvgIpc) is 2.96. The molecule has 0 saturated carbocycles. The Balaban J connectivity index is 1.80. The molecule has 2 atom stereocenters. The Hall–Kier alpha value is -4.04. The van der Waals surface area contributed by atoms with E-state index in [0.29, 0.717) is 28.5 Å². The van der Waals surface area contributed by atoms with Crippen molar-refractivity contribution in [2.45, 2.75) is 32.5 Å². The van der Waals surface area contributed by atoms with Gasteiger partial charge in [0.05, 0.1) is 20.8 Å². The Kier molecular flexibility index (Phi) is 6.93. The molecule has 4 N–H and O–H groups in total. The highest BCUT2D eigenvalue weighted by atomic mass is 16.5. The first-order valence-electron chi connectivity index (χ1n) is 11.3. The molecule has 0 radical (unpaired) electrons. The number of amides is 2. The summed E-state index contributed by atoms with van der Waals surface area (Å²) in [5.74, 6) is 1.10. The van der Waals surface area contributed by atoms with Gasteiger partial charge < -0.3 is 30.2 Å². The normalized spacial score (nSPS) is 17.2. The van der Waals surface area contributed by atoms with Crippen molar-refractivity contribution < 1.29 is 29.5 Å². The summed E-state index contributed by atoms with van der Waals surface area (Å²) in [6.45, 7) is 3.74. The van der Waals surface area contributed by atoms with Crippen LogP contribution in [0.15, 0.2) is 60.7 Å². The second kappa shape index (κ2) is 10.1. The monoisotopic (exact) mass is 476 g/mol. The third-order valence-corrected chi connectivity index (χ3v) is 6.08. The number of hydrogen-bond acceptors (Lipinski definition) is 5. The largest absolute Gasteiger partial charge is 0.497 e. The number of carbonyl (C=O) groups excluding carboxylic acids is 2. The fourth-order valence-electron chi connectivity index (χ4n) is 4.22. The Morgan fingerprint density at radius 2 is 1.83 bits per heavy atom. The number of rotatable bonds is 6. The van der Waals surface area contributed by atoms with Crippen molar-refractivity contribution in [3.8, 4) is 17.2 Å². The van der Waals surface area contributed by atoms with Crippen LogP contribution in [0, 0.1) is 6.92 Å². The van der Waals surface area contributed by atoms with Crippen molar-refractivity contribution in [2.24, 2.45) is 0 Å². The number of fused-ring (bicyclic) bond motifs is 1. The van der Waals surface area contributed by atoms with Crippen LogP contribution >= 0.6 is 0 Å². The number of benzene rings is 3. The lowest BCUT2D eigenvalue weighted by atomic mass is 9.99. The van der Waals surface area contributed by atoms with E-state index in [1.54, 1.807) is 50.3 Å². The minimum atomic E-state index is -0.923. The van der Waals surface area contributed by atoms with Crippen LogP contribution in [-0.2, 0) is 16.1 Å². The zero-order valence-electron chi connectivity index (χ0n) is 20.3. The summed E-state index contributed by atoms with van der Waals surface area (Å²) in [7, 11) is 3.13. The number of aryl methyl sites for hydroxylation is 1. The first kappa shape index (κ1) is 24.1. The second-order valence-corrected chi connectivity index (χ2v) is 8.49. The van der Waals surface area contributed by atoms with Gasteiger partial charge in [0.25, 0.3) is 11.8 Å². The highest BCUT2D eigenvalue weighted by molar-refractivity contribution is 5.99. The van der Waals surface area contributed by atoms with Crippen molar-refractivity contribution in [2.75, 3.05) is 19.5 Å². The van der Waals surface area contributed by atoms with E-state index in [1.165, 1.54) is 0 Å². The number of carbonyl (C=O) groups is 2. The van der Waals surface area contributed by atoms with Crippen molar-refractivity contribution in [3.05, 3.63) is 77.4 Å². The lowest BCUT2D eigenvalue weighted by molar-refractivity contribution is -0.254. The lowest BCUT2D eigenvalue weighted by Crippen LogP contribution is -2.44. The predicted molar refractivity (Wildman–Crippen MR) is 132 cm³/mol. The Labute approximate surface area is 204 Å². The van der Waals surface area contributed by atoms with Crippen LogP contribution in [0.2, 0.25) is 0 Å². The highest BCUT2D eigenvalue weighted by Gasteiger charge is 2.40. The molecule has 0 aliphatic carbocycles. The maximum Gasteiger partial charge on any atom is 0.264 e. The van der Waals surface area contributed by atoms with E-state index in [0.717, 1.165) is 16.8 Å². The number of anilines is 1. The zero-order chi connectivity index (χ0) is 25.1. The molecule has 2 unspecified atom stereocenters. The molecule has 3 aromatic carbocycles. The Morgan fingerprint density at radius 1 is 1.09 bits per heavy atom. The molecule has 0 saturated heterocycles. The van der Waals surface area contributed by atoms with Crippen molar-refractivity contribution in [1.29, 1.82) is 0 Å². The van der Waals surface area contributed by atoms with Crippen LogP contribution in [0.3, 0.4) is 0 Å². The van der Waals surface area contributed by atoms with Gasteiger partial charge >= 0.3 is 0 Å². The van der Waals surface area contributed by atoms with Gasteiger partial charge in [0.1, 0.15) is 29.0 Å². The zero-order valence-corrected chi connectivity index (χ0v) is 20.3. The summed E-state index contributed by atoms with van der Waals surface area (Å²) in [4.78, 5) is 28.9. The molecular weight excluding hydrogens is 446 g/mol. The van der Waals surface area contributed by atoms with E-state index in [2.05, 4.69) is 11.1 Å². The molecule has 2 amide bonds. The van der Waals surface area contributed by atoms with Crippen LogP contribution in [0.5, 0.6) is 17.2 Å². The van der Waals surface area contributed by atoms with Gasteiger partial charge in [-0.2, -0.15) is 0 Å². The summed E-state index contributed by atoms with van der Waals surface area (Å²) in [6.07, 6.45) is -0.776. The first-order valence-corrected chi connectivity index (χ1v) is 11.3. The van der Waals surface area contributed by atoms with Crippen LogP contribution in [0.4, 0.5) is 11.4 Å². The van der Waals surface area contributed by atoms with E-state index in [4.69, 9.17) is 14.2 Å². The van der Waals surface area contributed by atoms with Gasteiger partial charge in [0, 0.05) is 35.0 Å². The minimum Gasteiger partial charge on any atom is -0.497 e. The minimum absolute atomic E-state index is 0.142. The molecule has 4 rings (SSSR count). The molecule has 1 heterocycles.